The Morgan fingerprint density at radius 3 is 2.83 bits per heavy atom. The lowest BCUT2D eigenvalue weighted by Crippen LogP contribution is -2.37. The van der Waals surface area contributed by atoms with Gasteiger partial charge in [0, 0.05) is 25.3 Å². The van der Waals surface area contributed by atoms with Gasteiger partial charge in [0.05, 0.1) is 11.9 Å². The lowest BCUT2D eigenvalue weighted by atomic mass is 9.69. The van der Waals surface area contributed by atoms with Gasteiger partial charge in [-0.25, -0.2) is 4.68 Å². The number of hydrogen-bond donors (Lipinski definition) is 2. The molecule has 2 aliphatic carbocycles. The molecule has 0 spiro atoms. The summed E-state index contributed by atoms with van der Waals surface area (Å²) in [4.78, 5) is 29.1. The SMILES string of the molecule is O=C(Cn1ncc(NC2CCC3CCCCC3C2)c(Br)c1=O)NCC1=CC=NCC1. The second-order valence-corrected chi connectivity index (χ2v) is 9.49. The second kappa shape index (κ2) is 9.90. The van der Waals surface area contributed by atoms with Crippen LogP contribution in [0, 0.1) is 11.8 Å². The molecule has 3 unspecified atom stereocenters. The largest absolute Gasteiger partial charge is 0.380 e. The Kier molecular flexibility index (Phi) is 7.02. The molecule has 3 atom stereocenters. The minimum absolute atomic E-state index is 0.0910. The molecule has 1 amide bonds. The van der Waals surface area contributed by atoms with Gasteiger partial charge in [0.2, 0.25) is 5.91 Å². The van der Waals surface area contributed by atoms with Gasteiger partial charge in [0.15, 0.2) is 0 Å². The fourth-order valence-electron chi connectivity index (χ4n) is 4.98. The van der Waals surface area contributed by atoms with Crippen LogP contribution in [0.3, 0.4) is 0 Å². The Bertz CT molecular complexity index is 894. The van der Waals surface area contributed by atoms with Gasteiger partial charge < -0.3 is 10.6 Å². The quantitative estimate of drug-likeness (QED) is 0.660. The van der Waals surface area contributed by atoms with E-state index in [0.29, 0.717) is 17.1 Å². The zero-order valence-corrected chi connectivity index (χ0v) is 18.9. The van der Waals surface area contributed by atoms with Crippen molar-refractivity contribution in [3.05, 3.63) is 32.7 Å². The van der Waals surface area contributed by atoms with Crippen molar-refractivity contribution >= 4 is 33.7 Å². The van der Waals surface area contributed by atoms with Gasteiger partial charge >= 0.3 is 0 Å². The summed E-state index contributed by atoms with van der Waals surface area (Å²) in [5, 5.41) is 10.6. The molecule has 2 fully saturated rings. The first kappa shape index (κ1) is 21.3. The molecular formula is C22H30BrN5O2. The van der Waals surface area contributed by atoms with Crippen molar-refractivity contribution in [2.45, 2.75) is 64.0 Å². The van der Waals surface area contributed by atoms with Crippen LogP contribution < -0.4 is 16.2 Å². The van der Waals surface area contributed by atoms with Crippen LogP contribution in [0.15, 0.2) is 32.1 Å². The Morgan fingerprint density at radius 1 is 1.20 bits per heavy atom. The van der Waals surface area contributed by atoms with Gasteiger partial charge in [-0.05, 0) is 65.1 Å². The molecule has 0 bridgehead atoms. The third-order valence-electron chi connectivity index (χ3n) is 6.67. The van der Waals surface area contributed by atoms with Crippen LogP contribution in [0.25, 0.3) is 0 Å². The maximum atomic E-state index is 12.7. The first-order chi connectivity index (χ1) is 14.6. The Morgan fingerprint density at radius 2 is 2.03 bits per heavy atom. The molecule has 1 aromatic heterocycles. The van der Waals surface area contributed by atoms with Crippen LogP contribution in [0.4, 0.5) is 5.69 Å². The number of nitrogens with one attached hydrogen (secondary N) is 2. The fraction of sp³-hybridized carbons (Fsp3) is 0.636. The molecule has 4 rings (SSSR count). The van der Waals surface area contributed by atoms with Crippen LogP contribution in [0.1, 0.15) is 51.4 Å². The molecule has 3 aliphatic rings. The molecule has 1 aliphatic heterocycles. The summed E-state index contributed by atoms with van der Waals surface area (Å²) in [7, 11) is 0. The number of carbonyl (C=O) groups excluding carboxylic acids is 1. The number of aliphatic imine (C=N–C) groups is 1. The number of allylic oxidation sites excluding steroid dienone is 1. The number of nitrogens with zero attached hydrogens (tertiary/aromatic N) is 3. The van der Waals surface area contributed by atoms with E-state index in [1.165, 1.54) is 43.2 Å². The number of amides is 1. The maximum absolute atomic E-state index is 12.7. The van der Waals surface area contributed by atoms with Crippen LogP contribution in [0.2, 0.25) is 0 Å². The molecule has 8 heteroatoms. The minimum atomic E-state index is -0.287. The normalized spacial score (nSPS) is 25.9. The van der Waals surface area contributed by atoms with Gasteiger partial charge in [0.25, 0.3) is 5.56 Å². The number of fused-ring (bicyclic) bond motifs is 1. The molecule has 2 saturated carbocycles. The van der Waals surface area contributed by atoms with E-state index in [0.717, 1.165) is 42.5 Å². The van der Waals surface area contributed by atoms with Crippen molar-refractivity contribution in [2.24, 2.45) is 16.8 Å². The zero-order valence-electron chi connectivity index (χ0n) is 17.3. The number of hydrogen-bond acceptors (Lipinski definition) is 5. The first-order valence-electron chi connectivity index (χ1n) is 11.1. The minimum Gasteiger partial charge on any atom is -0.380 e. The highest BCUT2D eigenvalue weighted by molar-refractivity contribution is 9.10. The number of anilines is 1. The number of dihydropyridines is 1. The summed E-state index contributed by atoms with van der Waals surface area (Å²) in [5.41, 5.74) is 1.57. The number of rotatable bonds is 6. The average Bonchev–Trinajstić information content (AvgIpc) is 2.78. The van der Waals surface area contributed by atoms with Gasteiger partial charge in [-0.2, -0.15) is 5.10 Å². The van der Waals surface area contributed by atoms with Crippen molar-refractivity contribution in [2.75, 3.05) is 18.4 Å². The third-order valence-corrected chi connectivity index (χ3v) is 7.43. The smallest absolute Gasteiger partial charge is 0.283 e. The van der Waals surface area contributed by atoms with E-state index in [2.05, 4.69) is 36.7 Å². The summed E-state index contributed by atoms with van der Waals surface area (Å²) < 4.78 is 1.65. The lowest BCUT2D eigenvalue weighted by Gasteiger charge is -2.39. The zero-order chi connectivity index (χ0) is 20.9. The van der Waals surface area contributed by atoms with E-state index < -0.39 is 0 Å². The predicted molar refractivity (Wildman–Crippen MR) is 122 cm³/mol. The van der Waals surface area contributed by atoms with Gasteiger partial charge in [-0.1, -0.05) is 25.7 Å². The van der Waals surface area contributed by atoms with Crippen LogP contribution >= 0.6 is 15.9 Å². The number of carbonyl (C=O) groups is 1. The van der Waals surface area contributed by atoms with Crippen LogP contribution in [0.5, 0.6) is 0 Å². The Balaban J connectivity index is 1.33. The van der Waals surface area contributed by atoms with E-state index in [1.54, 1.807) is 12.4 Å². The summed E-state index contributed by atoms with van der Waals surface area (Å²) >= 11 is 3.43. The lowest BCUT2D eigenvalue weighted by molar-refractivity contribution is -0.121. The molecule has 0 radical (unpaired) electrons. The van der Waals surface area contributed by atoms with E-state index in [4.69, 9.17) is 0 Å². The van der Waals surface area contributed by atoms with Crippen molar-refractivity contribution < 1.29 is 4.79 Å². The summed E-state index contributed by atoms with van der Waals surface area (Å²) in [6, 6.07) is 0.383. The van der Waals surface area contributed by atoms with Gasteiger partial charge in [0.1, 0.15) is 11.0 Å². The molecule has 30 heavy (non-hydrogen) atoms. The van der Waals surface area contributed by atoms with Crippen LogP contribution in [-0.4, -0.2) is 41.0 Å². The molecule has 0 saturated heterocycles. The highest BCUT2D eigenvalue weighted by Gasteiger charge is 2.32. The molecule has 2 heterocycles. The standard InChI is InChI=1S/C22H30BrN5O2/c23-21-19(27-18-6-5-16-3-1-2-4-17(16)11-18)13-26-28(22(21)30)14-20(29)25-12-15-7-9-24-10-8-15/h7,9,13,16-18,27H,1-6,8,10-12,14H2,(H,25,29). The van der Waals surface area contributed by atoms with Crippen molar-refractivity contribution in [1.29, 1.82) is 0 Å². The average molecular weight is 476 g/mol. The van der Waals surface area contributed by atoms with E-state index >= 15 is 0 Å². The Labute approximate surface area is 185 Å². The number of aromatic nitrogens is 2. The van der Waals surface area contributed by atoms with Crippen molar-refractivity contribution in [3.63, 3.8) is 0 Å². The van der Waals surface area contributed by atoms with Crippen molar-refractivity contribution in [1.82, 2.24) is 15.1 Å². The Hall–Kier alpha value is -1.96. The van der Waals surface area contributed by atoms with Gasteiger partial charge in [-0.3, -0.25) is 14.6 Å². The summed E-state index contributed by atoms with van der Waals surface area (Å²) in [6.07, 6.45) is 15.2. The molecular weight excluding hydrogens is 446 g/mol. The topological polar surface area (TPSA) is 88.4 Å². The predicted octanol–water partition coefficient (Wildman–Crippen LogP) is 3.29. The fourth-order valence-corrected chi connectivity index (χ4v) is 5.40. The molecule has 1 aromatic rings. The maximum Gasteiger partial charge on any atom is 0.283 e. The van der Waals surface area contributed by atoms with E-state index in [-0.39, 0.29) is 18.0 Å². The highest BCUT2D eigenvalue weighted by Crippen LogP contribution is 2.41. The monoisotopic (exact) mass is 475 g/mol. The molecule has 7 nitrogen and oxygen atoms in total. The van der Waals surface area contributed by atoms with E-state index in [9.17, 15) is 9.59 Å². The molecule has 0 aromatic carbocycles. The molecule has 162 valence electrons. The van der Waals surface area contributed by atoms with Crippen LogP contribution in [-0.2, 0) is 11.3 Å². The second-order valence-electron chi connectivity index (χ2n) is 8.70. The first-order valence-corrected chi connectivity index (χ1v) is 11.9. The van der Waals surface area contributed by atoms with Crippen molar-refractivity contribution in [3.8, 4) is 0 Å². The van der Waals surface area contributed by atoms with Gasteiger partial charge in [-0.15, -0.1) is 0 Å². The summed E-state index contributed by atoms with van der Waals surface area (Å²) in [5.74, 6) is 1.48. The summed E-state index contributed by atoms with van der Waals surface area (Å²) in [6.45, 7) is 1.14. The third kappa shape index (κ3) is 5.20. The number of halogens is 1. The van der Waals surface area contributed by atoms with E-state index in [1.807, 2.05) is 6.08 Å². The highest BCUT2D eigenvalue weighted by atomic mass is 79.9. The molecule has 2 N–H and O–H groups in total.